The second-order valence-corrected chi connectivity index (χ2v) is 5.95. The molecule has 0 spiro atoms. The lowest BCUT2D eigenvalue weighted by Gasteiger charge is -2.17. The molecule has 0 aromatic carbocycles. The minimum Gasteiger partial charge on any atom is -0.123 e. The van der Waals surface area contributed by atoms with Crippen LogP contribution in [0.25, 0.3) is 0 Å². The van der Waals surface area contributed by atoms with Crippen LogP contribution in [0, 0.1) is 0 Å². The van der Waals surface area contributed by atoms with E-state index in [9.17, 15) is 0 Å². The lowest BCUT2D eigenvalue weighted by molar-refractivity contribution is 0.587. The van der Waals surface area contributed by atoms with Crippen molar-refractivity contribution in [2.45, 2.75) is 67.5 Å². The van der Waals surface area contributed by atoms with Crippen LogP contribution in [-0.2, 0) is 0 Å². The maximum absolute atomic E-state index is 6.20. The number of hydrogen-bond donors (Lipinski definition) is 0. The van der Waals surface area contributed by atoms with Crippen molar-refractivity contribution in [2.75, 3.05) is 0 Å². The van der Waals surface area contributed by atoms with Gasteiger partial charge in [-0.3, -0.25) is 0 Å². The summed E-state index contributed by atoms with van der Waals surface area (Å²) in [5.74, 6) is 0. The van der Waals surface area contributed by atoms with Gasteiger partial charge in [-0.2, -0.15) is 0 Å². The van der Waals surface area contributed by atoms with Gasteiger partial charge in [0.15, 0.2) is 0 Å². The highest BCUT2D eigenvalue weighted by Crippen LogP contribution is 2.26. The molecule has 0 amide bonds. The van der Waals surface area contributed by atoms with Crippen LogP contribution in [0.2, 0.25) is 0 Å². The zero-order chi connectivity index (χ0) is 10.4. The van der Waals surface area contributed by atoms with Crippen LogP contribution in [0.5, 0.6) is 0 Å². The molecule has 0 bridgehead atoms. The lowest BCUT2D eigenvalue weighted by atomic mass is 10.1. The molecule has 0 aliphatic heterocycles. The molecule has 14 heavy (non-hydrogen) atoms. The maximum Gasteiger partial charge on any atom is 0.0513 e. The minimum absolute atomic E-state index is 0.0530. The standard InChI is InChI=1S/C11H19Cl3/c12-9-6-4-2-1-3-5-7-10(13)11(14)8-9/h9-11H,1-8H2. The van der Waals surface area contributed by atoms with Gasteiger partial charge in [-0.25, -0.2) is 0 Å². The van der Waals surface area contributed by atoms with Crippen LogP contribution in [0.4, 0.5) is 0 Å². The molecule has 84 valence electrons. The van der Waals surface area contributed by atoms with Gasteiger partial charge in [0.05, 0.1) is 5.38 Å². The zero-order valence-corrected chi connectivity index (χ0v) is 10.8. The summed E-state index contributed by atoms with van der Waals surface area (Å²) in [5, 5.41) is 0.380. The zero-order valence-electron chi connectivity index (χ0n) is 8.52. The number of rotatable bonds is 0. The van der Waals surface area contributed by atoms with Crippen molar-refractivity contribution < 1.29 is 0 Å². The van der Waals surface area contributed by atoms with Gasteiger partial charge in [0.25, 0.3) is 0 Å². The molecule has 0 saturated heterocycles. The summed E-state index contributed by atoms with van der Waals surface area (Å²) < 4.78 is 0. The fourth-order valence-corrected chi connectivity index (χ4v) is 2.96. The average molecular weight is 258 g/mol. The Balaban J connectivity index is 2.38. The van der Waals surface area contributed by atoms with Gasteiger partial charge in [0.2, 0.25) is 0 Å². The summed E-state index contributed by atoms with van der Waals surface area (Å²) in [7, 11) is 0. The molecule has 1 aliphatic rings. The first-order chi connectivity index (χ1) is 6.70. The van der Waals surface area contributed by atoms with E-state index in [1.807, 2.05) is 0 Å². The van der Waals surface area contributed by atoms with E-state index >= 15 is 0 Å². The SMILES string of the molecule is ClC1CCCCCCCC(Cl)C(Cl)C1. The molecule has 1 rings (SSSR count). The third-order valence-electron chi connectivity index (χ3n) is 2.87. The maximum atomic E-state index is 6.20. The van der Waals surface area contributed by atoms with Crippen LogP contribution in [0.1, 0.15) is 51.4 Å². The summed E-state index contributed by atoms with van der Waals surface area (Å²) >= 11 is 18.6. The molecule has 1 aliphatic carbocycles. The third-order valence-corrected chi connectivity index (χ3v) is 4.40. The molecule has 0 aromatic heterocycles. The van der Waals surface area contributed by atoms with Crippen LogP contribution in [-0.4, -0.2) is 16.1 Å². The molecule has 0 N–H and O–H groups in total. The Morgan fingerprint density at radius 2 is 1.21 bits per heavy atom. The predicted molar refractivity (Wildman–Crippen MR) is 65.9 cm³/mol. The third kappa shape index (κ3) is 5.09. The fourth-order valence-electron chi connectivity index (χ4n) is 1.93. The van der Waals surface area contributed by atoms with Crippen LogP contribution >= 0.6 is 34.8 Å². The van der Waals surface area contributed by atoms with Crippen molar-refractivity contribution in [2.24, 2.45) is 0 Å². The Hall–Kier alpha value is 0.870. The molecular formula is C11H19Cl3. The number of halogens is 3. The average Bonchev–Trinajstić information content (AvgIpc) is 2.17. The molecule has 0 aromatic rings. The van der Waals surface area contributed by atoms with Crippen molar-refractivity contribution in [3.05, 3.63) is 0 Å². The largest absolute Gasteiger partial charge is 0.123 e. The van der Waals surface area contributed by atoms with Crippen molar-refractivity contribution in [3.8, 4) is 0 Å². The molecule has 3 atom stereocenters. The van der Waals surface area contributed by atoms with Gasteiger partial charge in [-0.15, -0.1) is 34.8 Å². The second kappa shape index (κ2) is 7.19. The number of hydrogen-bond acceptors (Lipinski definition) is 0. The molecular weight excluding hydrogens is 238 g/mol. The molecule has 0 heterocycles. The Kier molecular flexibility index (Phi) is 6.65. The Bertz CT molecular complexity index is 149. The van der Waals surface area contributed by atoms with Gasteiger partial charge in [0.1, 0.15) is 0 Å². The first-order valence-corrected chi connectivity index (χ1v) is 6.93. The van der Waals surface area contributed by atoms with Crippen molar-refractivity contribution in [1.29, 1.82) is 0 Å². The highest BCUT2D eigenvalue weighted by Gasteiger charge is 2.20. The van der Waals surface area contributed by atoms with Gasteiger partial charge in [-0.1, -0.05) is 32.1 Å². The molecule has 0 radical (unpaired) electrons. The smallest absolute Gasteiger partial charge is 0.0513 e. The van der Waals surface area contributed by atoms with Gasteiger partial charge in [-0.05, 0) is 19.3 Å². The van der Waals surface area contributed by atoms with E-state index in [1.165, 1.54) is 32.1 Å². The van der Waals surface area contributed by atoms with Crippen molar-refractivity contribution in [1.82, 2.24) is 0 Å². The highest BCUT2D eigenvalue weighted by atomic mass is 35.5. The molecule has 1 fully saturated rings. The van der Waals surface area contributed by atoms with Gasteiger partial charge in [0, 0.05) is 10.8 Å². The number of alkyl halides is 3. The topological polar surface area (TPSA) is 0 Å². The summed E-state index contributed by atoms with van der Waals surface area (Å²) in [5.41, 5.74) is 0. The molecule has 3 heteroatoms. The Morgan fingerprint density at radius 3 is 1.93 bits per heavy atom. The summed E-state index contributed by atoms with van der Waals surface area (Å²) in [4.78, 5) is 0. The molecule has 3 unspecified atom stereocenters. The highest BCUT2D eigenvalue weighted by molar-refractivity contribution is 6.30. The van der Waals surface area contributed by atoms with E-state index in [1.54, 1.807) is 0 Å². The molecule has 1 saturated carbocycles. The van der Waals surface area contributed by atoms with E-state index in [0.717, 1.165) is 19.3 Å². The second-order valence-electron chi connectivity index (χ2n) is 4.21. The summed E-state index contributed by atoms with van der Waals surface area (Å²) in [6.07, 6.45) is 9.36. The van der Waals surface area contributed by atoms with E-state index in [-0.39, 0.29) is 16.1 Å². The van der Waals surface area contributed by atoms with Gasteiger partial charge >= 0.3 is 0 Å². The van der Waals surface area contributed by atoms with Crippen molar-refractivity contribution >= 4 is 34.8 Å². The normalized spacial score (nSPS) is 37.5. The van der Waals surface area contributed by atoms with E-state index in [0.29, 0.717) is 0 Å². The summed E-state index contributed by atoms with van der Waals surface area (Å²) in [6.45, 7) is 0. The quantitative estimate of drug-likeness (QED) is 0.539. The molecule has 0 nitrogen and oxygen atoms in total. The van der Waals surface area contributed by atoms with E-state index < -0.39 is 0 Å². The lowest BCUT2D eigenvalue weighted by Crippen LogP contribution is -2.19. The van der Waals surface area contributed by atoms with E-state index in [4.69, 9.17) is 34.8 Å². The van der Waals surface area contributed by atoms with Crippen molar-refractivity contribution in [3.63, 3.8) is 0 Å². The Labute approximate surface area is 102 Å². The Morgan fingerprint density at radius 1 is 0.643 bits per heavy atom. The first-order valence-electron chi connectivity index (χ1n) is 5.62. The van der Waals surface area contributed by atoms with Crippen LogP contribution in [0.15, 0.2) is 0 Å². The first kappa shape index (κ1) is 12.9. The monoisotopic (exact) mass is 256 g/mol. The summed E-state index contributed by atoms with van der Waals surface area (Å²) in [6, 6.07) is 0. The minimum atomic E-state index is 0.0530. The van der Waals surface area contributed by atoms with E-state index in [2.05, 4.69) is 0 Å². The fraction of sp³-hybridized carbons (Fsp3) is 1.00. The van der Waals surface area contributed by atoms with Crippen LogP contribution in [0.3, 0.4) is 0 Å². The van der Waals surface area contributed by atoms with Gasteiger partial charge < -0.3 is 0 Å². The predicted octanol–water partition coefficient (Wildman–Crippen LogP) is 4.94. The van der Waals surface area contributed by atoms with Crippen LogP contribution < -0.4 is 0 Å².